The summed E-state index contributed by atoms with van der Waals surface area (Å²) in [6, 6.07) is 10.8. The summed E-state index contributed by atoms with van der Waals surface area (Å²) < 4.78 is 41.7. The number of sulfone groups is 1. The molecule has 0 aromatic heterocycles. The third-order valence-corrected chi connectivity index (χ3v) is 5.64. The molecule has 28 heavy (non-hydrogen) atoms. The van der Waals surface area contributed by atoms with E-state index in [4.69, 9.17) is 4.74 Å². The molecule has 0 aliphatic carbocycles. The van der Waals surface area contributed by atoms with Gasteiger partial charge in [0.25, 0.3) is 5.91 Å². The van der Waals surface area contributed by atoms with Crippen molar-refractivity contribution in [2.24, 2.45) is 0 Å². The van der Waals surface area contributed by atoms with Gasteiger partial charge in [-0.3, -0.25) is 9.69 Å². The fourth-order valence-corrected chi connectivity index (χ4v) is 3.57. The number of nitrogens with zero attached hydrogens (tertiary/aromatic N) is 1. The molecule has 3 amide bonds. The van der Waals surface area contributed by atoms with E-state index in [0.29, 0.717) is 11.3 Å². The number of amides is 3. The van der Waals surface area contributed by atoms with Crippen molar-refractivity contribution >= 4 is 21.8 Å². The number of urea groups is 1. The number of hydrogen-bond acceptors (Lipinski definition) is 5. The zero-order valence-electron chi connectivity index (χ0n) is 15.3. The molecule has 148 valence electrons. The lowest BCUT2D eigenvalue weighted by Crippen LogP contribution is -2.41. The van der Waals surface area contributed by atoms with Crippen molar-refractivity contribution in [1.29, 1.82) is 0 Å². The van der Waals surface area contributed by atoms with E-state index in [-0.39, 0.29) is 18.0 Å². The first-order valence-electron chi connectivity index (χ1n) is 8.44. The van der Waals surface area contributed by atoms with E-state index in [9.17, 15) is 22.4 Å². The van der Waals surface area contributed by atoms with Gasteiger partial charge in [0.1, 0.15) is 23.7 Å². The van der Waals surface area contributed by atoms with Gasteiger partial charge >= 0.3 is 6.03 Å². The molecule has 0 bridgehead atoms. The predicted molar refractivity (Wildman–Crippen MR) is 99.0 cm³/mol. The zero-order chi connectivity index (χ0) is 20.5. The first-order chi connectivity index (χ1) is 13.1. The van der Waals surface area contributed by atoms with Gasteiger partial charge in [0.2, 0.25) is 0 Å². The highest BCUT2D eigenvalue weighted by Gasteiger charge is 2.48. The normalized spacial score (nSPS) is 19.6. The number of carbonyl (C=O) groups is 2. The Balaban J connectivity index is 1.71. The summed E-state index contributed by atoms with van der Waals surface area (Å²) in [5.41, 5.74) is -0.849. The highest BCUT2D eigenvalue weighted by Crippen LogP contribution is 2.29. The SMILES string of the molecule is CC1(c2ccc(S(C)(=O)=O)cc2)NC(=O)N(CCOc2cccc(F)c2)C1=O. The minimum Gasteiger partial charge on any atom is -0.492 e. The van der Waals surface area contributed by atoms with Crippen molar-refractivity contribution in [1.82, 2.24) is 10.2 Å². The molecule has 1 saturated heterocycles. The molecule has 0 spiro atoms. The Bertz CT molecular complexity index is 1020. The number of benzene rings is 2. The summed E-state index contributed by atoms with van der Waals surface area (Å²) in [5, 5.41) is 2.63. The lowest BCUT2D eigenvalue weighted by atomic mass is 9.92. The number of nitrogens with one attached hydrogen (secondary N) is 1. The van der Waals surface area contributed by atoms with Gasteiger partial charge in [-0.1, -0.05) is 18.2 Å². The van der Waals surface area contributed by atoms with Gasteiger partial charge < -0.3 is 10.1 Å². The second-order valence-corrected chi connectivity index (χ2v) is 8.63. The van der Waals surface area contributed by atoms with Gasteiger partial charge in [-0.15, -0.1) is 0 Å². The van der Waals surface area contributed by atoms with E-state index in [1.165, 1.54) is 42.5 Å². The molecule has 1 aliphatic heterocycles. The molecule has 1 N–H and O–H groups in total. The summed E-state index contributed by atoms with van der Waals surface area (Å²) in [7, 11) is -3.37. The molecule has 1 heterocycles. The lowest BCUT2D eigenvalue weighted by molar-refractivity contribution is -0.131. The van der Waals surface area contributed by atoms with Crippen LogP contribution in [-0.4, -0.2) is 44.7 Å². The van der Waals surface area contributed by atoms with Crippen LogP contribution in [0.5, 0.6) is 5.75 Å². The number of ether oxygens (including phenoxy) is 1. The number of hydrogen-bond donors (Lipinski definition) is 1. The van der Waals surface area contributed by atoms with Crippen molar-refractivity contribution in [3.63, 3.8) is 0 Å². The highest BCUT2D eigenvalue weighted by atomic mass is 32.2. The van der Waals surface area contributed by atoms with Crippen LogP contribution >= 0.6 is 0 Å². The maximum Gasteiger partial charge on any atom is 0.325 e. The number of imide groups is 1. The van der Waals surface area contributed by atoms with Crippen LogP contribution in [0, 0.1) is 5.82 Å². The Morgan fingerprint density at radius 1 is 1.14 bits per heavy atom. The van der Waals surface area contributed by atoms with Crippen LogP contribution in [0.4, 0.5) is 9.18 Å². The molecular weight excluding hydrogens is 387 g/mol. The van der Waals surface area contributed by atoms with E-state index in [0.717, 1.165) is 11.2 Å². The Labute approximate surface area is 162 Å². The molecule has 1 unspecified atom stereocenters. The van der Waals surface area contributed by atoms with Crippen molar-refractivity contribution in [2.45, 2.75) is 17.4 Å². The summed E-state index contributed by atoms with van der Waals surface area (Å²) in [4.78, 5) is 26.2. The van der Waals surface area contributed by atoms with E-state index < -0.39 is 33.1 Å². The average molecular weight is 406 g/mol. The molecule has 2 aromatic rings. The van der Waals surface area contributed by atoms with Crippen molar-refractivity contribution in [3.8, 4) is 5.75 Å². The molecular formula is C19H19FN2O5S. The molecule has 2 aromatic carbocycles. The van der Waals surface area contributed by atoms with Crippen molar-refractivity contribution in [3.05, 3.63) is 59.9 Å². The Morgan fingerprint density at radius 3 is 2.43 bits per heavy atom. The van der Waals surface area contributed by atoms with Gasteiger partial charge in [-0.05, 0) is 36.8 Å². The van der Waals surface area contributed by atoms with Crippen LogP contribution in [0.15, 0.2) is 53.4 Å². The van der Waals surface area contributed by atoms with E-state index in [1.54, 1.807) is 13.0 Å². The van der Waals surface area contributed by atoms with Crippen molar-refractivity contribution < 1.29 is 27.1 Å². The van der Waals surface area contributed by atoms with Crippen LogP contribution in [0.25, 0.3) is 0 Å². The molecule has 1 atom stereocenters. The predicted octanol–water partition coefficient (Wildman–Crippen LogP) is 2.08. The van der Waals surface area contributed by atoms with E-state index in [1.807, 2.05) is 0 Å². The molecule has 0 saturated carbocycles. The summed E-state index contributed by atoms with van der Waals surface area (Å²) in [6.07, 6.45) is 1.09. The van der Waals surface area contributed by atoms with Crippen LogP contribution < -0.4 is 10.1 Å². The van der Waals surface area contributed by atoms with E-state index in [2.05, 4.69) is 5.32 Å². The monoisotopic (exact) mass is 406 g/mol. The second-order valence-electron chi connectivity index (χ2n) is 6.61. The summed E-state index contributed by atoms with van der Waals surface area (Å²) in [6.45, 7) is 1.54. The Morgan fingerprint density at radius 2 is 1.82 bits per heavy atom. The van der Waals surface area contributed by atoms with Gasteiger partial charge in [-0.2, -0.15) is 0 Å². The third kappa shape index (κ3) is 3.84. The maximum atomic E-state index is 13.2. The first-order valence-corrected chi connectivity index (χ1v) is 10.3. The minimum atomic E-state index is -3.37. The Hall–Kier alpha value is -2.94. The largest absolute Gasteiger partial charge is 0.492 e. The fourth-order valence-electron chi connectivity index (χ4n) is 2.94. The van der Waals surface area contributed by atoms with Gasteiger partial charge in [0, 0.05) is 12.3 Å². The Kier molecular flexibility index (Phi) is 5.12. The minimum absolute atomic E-state index is 0.00566. The smallest absolute Gasteiger partial charge is 0.325 e. The van der Waals surface area contributed by atoms with Crippen LogP contribution in [0.2, 0.25) is 0 Å². The van der Waals surface area contributed by atoms with Crippen LogP contribution in [0.3, 0.4) is 0 Å². The second kappa shape index (κ2) is 7.23. The highest BCUT2D eigenvalue weighted by molar-refractivity contribution is 7.90. The third-order valence-electron chi connectivity index (χ3n) is 4.51. The number of carbonyl (C=O) groups excluding carboxylic acids is 2. The quantitative estimate of drug-likeness (QED) is 0.742. The molecule has 9 heteroatoms. The lowest BCUT2D eigenvalue weighted by Gasteiger charge is -2.22. The van der Waals surface area contributed by atoms with Crippen LogP contribution in [-0.2, 0) is 20.2 Å². The van der Waals surface area contributed by atoms with E-state index >= 15 is 0 Å². The molecule has 1 aliphatic rings. The maximum absolute atomic E-state index is 13.2. The topological polar surface area (TPSA) is 92.8 Å². The molecule has 3 rings (SSSR count). The van der Waals surface area contributed by atoms with Gasteiger partial charge in [0.15, 0.2) is 9.84 Å². The zero-order valence-corrected chi connectivity index (χ0v) is 16.1. The fraction of sp³-hybridized carbons (Fsp3) is 0.263. The number of halogens is 1. The molecule has 0 radical (unpaired) electrons. The molecule has 7 nitrogen and oxygen atoms in total. The summed E-state index contributed by atoms with van der Waals surface area (Å²) in [5.74, 6) is -0.628. The standard InChI is InChI=1S/C19H19FN2O5S/c1-19(13-6-8-16(9-7-13)28(2,25)26)17(23)22(18(24)21-19)10-11-27-15-5-3-4-14(20)12-15/h3-9,12H,10-11H2,1-2H3,(H,21,24). The summed E-state index contributed by atoms with van der Waals surface area (Å²) >= 11 is 0. The first kappa shape index (κ1) is 19.8. The average Bonchev–Trinajstić information content (AvgIpc) is 2.85. The van der Waals surface area contributed by atoms with Gasteiger partial charge in [0.05, 0.1) is 11.4 Å². The van der Waals surface area contributed by atoms with Gasteiger partial charge in [-0.25, -0.2) is 17.6 Å². The molecule has 1 fully saturated rings. The number of rotatable bonds is 6. The van der Waals surface area contributed by atoms with Crippen LogP contribution in [0.1, 0.15) is 12.5 Å². The van der Waals surface area contributed by atoms with Crippen molar-refractivity contribution in [2.75, 3.05) is 19.4 Å².